The van der Waals surface area contributed by atoms with Crippen LogP contribution in [0.1, 0.15) is 38.8 Å². The zero-order valence-electron chi connectivity index (χ0n) is 18.8. The normalized spacial score (nSPS) is 17.2. The van der Waals surface area contributed by atoms with E-state index < -0.39 is 0 Å². The van der Waals surface area contributed by atoms with E-state index in [1.807, 2.05) is 0 Å². The molecular formula is C26H30BNO2. The van der Waals surface area contributed by atoms with E-state index in [-0.39, 0.29) is 18.3 Å². The molecule has 0 amide bonds. The van der Waals surface area contributed by atoms with Crippen LogP contribution in [0.15, 0.2) is 72.8 Å². The second-order valence-electron chi connectivity index (χ2n) is 9.19. The van der Waals surface area contributed by atoms with E-state index in [9.17, 15) is 0 Å². The largest absolute Gasteiger partial charge is 0.494 e. The van der Waals surface area contributed by atoms with Gasteiger partial charge in [-0.05, 0) is 83.4 Å². The minimum Gasteiger partial charge on any atom is -0.399 e. The summed E-state index contributed by atoms with van der Waals surface area (Å²) in [5.74, 6) is 0. The molecule has 1 aliphatic heterocycles. The van der Waals surface area contributed by atoms with Crippen LogP contribution in [0.5, 0.6) is 0 Å². The van der Waals surface area contributed by atoms with Gasteiger partial charge in [-0.2, -0.15) is 0 Å². The maximum absolute atomic E-state index is 6.21. The molecule has 0 saturated carbocycles. The lowest BCUT2D eigenvalue weighted by atomic mass is 9.79. The van der Waals surface area contributed by atoms with E-state index in [4.69, 9.17) is 9.31 Å². The first-order valence-electron chi connectivity index (χ1n) is 10.6. The Kier molecular flexibility index (Phi) is 5.25. The van der Waals surface area contributed by atoms with Gasteiger partial charge in [0.05, 0.1) is 11.2 Å². The van der Waals surface area contributed by atoms with Crippen molar-refractivity contribution in [3.63, 3.8) is 0 Å². The highest BCUT2D eigenvalue weighted by atomic mass is 16.7. The molecule has 3 aromatic carbocycles. The van der Waals surface area contributed by atoms with E-state index in [1.165, 1.54) is 11.1 Å². The molecule has 0 aromatic heterocycles. The molecule has 1 fully saturated rings. The molecule has 154 valence electrons. The summed E-state index contributed by atoms with van der Waals surface area (Å²) in [5, 5.41) is 0. The molecule has 1 saturated heterocycles. The van der Waals surface area contributed by atoms with E-state index in [0.717, 1.165) is 22.5 Å². The van der Waals surface area contributed by atoms with Crippen LogP contribution >= 0.6 is 0 Å². The second kappa shape index (κ2) is 7.61. The third-order valence-corrected chi connectivity index (χ3v) is 6.26. The first kappa shape index (κ1) is 20.7. The monoisotopic (exact) mass is 399 g/mol. The van der Waals surface area contributed by atoms with Gasteiger partial charge in [-0.3, -0.25) is 0 Å². The van der Waals surface area contributed by atoms with Crippen molar-refractivity contribution in [1.82, 2.24) is 0 Å². The molecule has 1 aliphatic rings. The van der Waals surface area contributed by atoms with Crippen LogP contribution in [0.25, 0.3) is 0 Å². The number of benzene rings is 3. The SMILES string of the molecule is Cc1ccc(N(c2ccc(C)cc2)c2ccc(B3OC(C)(C)C(C)(C)O3)cc2)cc1. The summed E-state index contributed by atoms with van der Waals surface area (Å²) >= 11 is 0. The Labute approximate surface area is 180 Å². The van der Waals surface area contributed by atoms with Gasteiger partial charge in [-0.15, -0.1) is 0 Å². The summed E-state index contributed by atoms with van der Waals surface area (Å²) in [6, 6.07) is 25.7. The van der Waals surface area contributed by atoms with Crippen LogP contribution in [0.3, 0.4) is 0 Å². The average Bonchev–Trinajstić information content (AvgIpc) is 2.93. The highest BCUT2D eigenvalue weighted by Crippen LogP contribution is 2.37. The molecule has 0 spiro atoms. The van der Waals surface area contributed by atoms with Crippen molar-refractivity contribution in [2.75, 3.05) is 4.90 Å². The fraction of sp³-hybridized carbons (Fsp3) is 0.308. The van der Waals surface area contributed by atoms with Crippen LogP contribution in [-0.4, -0.2) is 18.3 Å². The lowest BCUT2D eigenvalue weighted by Crippen LogP contribution is -2.41. The molecule has 3 aromatic rings. The quantitative estimate of drug-likeness (QED) is 0.497. The predicted octanol–water partition coefficient (Wildman–Crippen LogP) is 6.07. The number of aryl methyl sites for hydroxylation is 2. The molecule has 0 bridgehead atoms. The Hall–Kier alpha value is -2.56. The van der Waals surface area contributed by atoms with E-state index >= 15 is 0 Å². The summed E-state index contributed by atoms with van der Waals surface area (Å²) in [7, 11) is -0.351. The van der Waals surface area contributed by atoms with Crippen LogP contribution in [-0.2, 0) is 9.31 Å². The molecule has 4 rings (SSSR count). The summed E-state index contributed by atoms with van der Waals surface area (Å²) in [5.41, 5.74) is 6.21. The Bertz CT molecular complexity index is 947. The van der Waals surface area contributed by atoms with Gasteiger partial charge < -0.3 is 14.2 Å². The molecule has 30 heavy (non-hydrogen) atoms. The zero-order chi connectivity index (χ0) is 21.5. The molecule has 0 N–H and O–H groups in total. The molecule has 0 unspecified atom stereocenters. The van der Waals surface area contributed by atoms with Gasteiger partial charge in [-0.25, -0.2) is 0 Å². The summed E-state index contributed by atoms with van der Waals surface area (Å²) < 4.78 is 12.4. The topological polar surface area (TPSA) is 21.7 Å². The van der Waals surface area contributed by atoms with Crippen LogP contribution in [0.2, 0.25) is 0 Å². The average molecular weight is 399 g/mol. The molecule has 0 radical (unpaired) electrons. The summed E-state index contributed by atoms with van der Waals surface area (Å²) in [6.45, 7) is 12.5. The van der Waals surface area contributed by atoms with Crippen molar-refractivity contribution in [3.8, 4) is 0 Å². The third kappa shape index (κ3) is 3.90. The Morgan fingerprint density at radius 2 is 0.900 bits per heavy atom. The van der Waals surface area contributed by atoms with E-state index in [0.29, 0.717) is 0 Å². The molecule has 3 nitrogen and oxygen atoms in total. The molecule has 1 heterocycles. The first-order chi connectivity index (χ1) is 14.2. The van der Waals surface area contributed by atoms with Gasteiger partial charge >= 0.3 is 7.12 Å². The minimum absolute atomic E-state index is 0.341. The van der Waals surface area contributed by atoms with Crippen LogP contribution in [0.4, 0.5) is 17.1 Å². The zero-order valence-corrected chi connectivity index (χ0v) is 18.8. The molecule has 0 atom stereocenters. The van der Waals surface area contributed by atoms with Gasteiger partial charge in [0.25, 0.3) is 0 Å². The van der Waals surface area contributed by atoms with Gasteiger partial charge in [0, 0.05) is 17.1 Å². The van der Waals surface area contributed by atoms with Crippen molar-refractivity contribution in [2.24, 2.45) is 0 Å². The summed E-state index contributed by atoms with van der Waals surface area (Å²) in [6.07, 6.45) is 0. The Balaban J connectivity index is 1.68. The highest BCUT2D eigenvalue weighted by Gasteiger charge is 2.51. The number of anilines is 3. The Morgan fingerprint density at radius 3 is 1.27 bits per heavy atom. The standard InChI is InChI=1S/C26H30BNO2/c1-19-7-13-22(14-8-19)28(23-15-9-20(2)10-16-23)24-17-11-21(12-18-24)27-29-25(3,4)26(5,6)30-27/h7-18H,1-6H3. The van der Waals surface area contributed by atoms with Crippen molar-refractivity contribution in [2.45, 2.75) is 52.7 Å². The third-order valence-electron chi connectivity index (χ3n) is 6.26. The number of rotatable bonds is 4. The molecular weight excluding hydrogens is 369 g/mol. The van der Waals surface area contributed by atoms with Gasteiger partial charge in [0.1, 0.15) is 0 Å². The van der Waals surface area contributed by atoms with Gasteiger partial charge in [0.2, 0.25) is 0 Å². The van der Waals surface area contributed by atoms with E-state index in [1.54, 1.807) is 0 Å². The maximum atomic E-state index is 6.21. The lowest BCUT2D eigenvalue weighted by Gasteiger charge is -2.32. The number of hydrogen-bond acceptors (Lipinski definition) is 3. The fourth-order valence-corrected chi connectivity index (χ4v) is 3.59. The number of hydrogen-bond donors (Lipinski definition) is 0. The number of nitrogens with zero attached hydrogens (tertiary/aromatic N) is 1. The van der Waals surface area contributed by atoms with Gasteiger partial charge in [-0.1, -0.05) is 47.5 Å². The lowest BCUT2D eigenvalue weighted by molar-refractivity contribution is 0.00578. The maximum Gasteiger partial charge on any atom is 0.494 e. The smallest absolute Gasteiger partial charge is 0.399 e. The predicted molar refractivity (Wildman–Crippen MR) is 126 cm³/mol. The second-order valence-corrected chi connectivity index (χ2v) is 9.19. The van der Waals surface area contributed by atoms with Crippen molar-refractivity contribution >= 4 is 29.6 Å². The minimum atomic E-state index is -0.351. The van der Waals surface area contributed by atoms with Crippen molar-refractivity contribution in [3.05, 3.63) is 83.9 Å². The van der Waals surface area contributed by atoms with Crippen LogP contribution < -0.4 is 10.4 Å². The fourth-order valence-electron chi connectivity index (χ4n) is 3.59. The Morgan fingerprint density at radius 1 is 0.567 bits per heavy atom. The van der Waals surface area contributed by atoms with Crippen molar-refractivity contribution < 1.29 is 9.31 Å². The molecule has 4 heteroatoms. The summed E-state index contributed by atoms with van der Waals surface area (Å²) in [4.78, 5) is 2.27. The van der Waals surface area contributed by atoms with E-state index in [2.05, 4.69) is 119 Å². The van der Waals surface area contributed by atoms with Gasteiger partial charge in [0.15, 0.2) is 0 Å². The highest BCUT2D eigenvalue weighted by molar-refractivity contribution is 6.62. The van der Waals surface area contributed by atoms with Crippen molar-refractivity contribution in [1.29, 1.82) is 0 Å². The first-order valence-corrected chi connectivity index (χ1v) is 10.6. The van der Waals surface area contributed by atoms with Crippen LogP contribution in [0, 0.1) is 13.8 Å². The molecule has 0 aliphatic carbocycles.